The highest BCUT2D eigenvalue weighted by Gasteiger charge is 2.02. The fourth-order valence-corrected chi connectivity index (χ4v) is 1.66. The van der Waals surface area contributed by atoms with Gasteiger partial charge < -0.3 is 0 Å². The maximum Gasteiger partial charge on any atom is 0.0717 e. The molecule has 2 aromatic rings. The molecule has 0 saturated carbocycles. The van der Waals surface area contributed by atoms with Crippen LogP contribution in [0.1, 0.15) is 5.56 Å². The Morgan fingerprint density at radius 1 is 1.07 bits per heavy atom. The topological polar surface area (TPSA) is 12.9 Å². The van der Waals surface area contributed by atoms with Gasteiger partial charge in [0.15, 0.2) is 0 Å². The van der Waals surface area contributed by atoms with Gasteiger partial charge in [0.25, 0.3) is 0 Å². The van der Waals surface area contributed by atoms with Crippen LogP contribution < -0.4 is 0 Å². The number of aromatic nitrogens is 1. The first-order valence-corrected chi connectivity index (χ1v) is 5.30. The molecular weight excluding hydrogens is 229 g/mol. The largest absolute Gasteiger partial charge is 0.256 e. The molecule has 0 N–H and O–H groups in total. The normalized spacial score (nSPS) is 10.3. The molecule has 1 heterocycles. The second-order valence-electron chi connectivity index (χ2n) is 3.32. The summed E-state index contributed by atoms with van der Waals surface area (Å²) in [5.41, 5.74) is 2.87. The van der Waals surface area contributed by atoms with E-state index in [-0.39, 0.29) is 0 Å². The van der Waals surface area contributed by atoms with Crippen molar-refractivity contribution >= 4 is 23.2 Å². The third-order valence-corrected chi connectivity index (χ3v) is 2.83. The van der Waals surface area contributed by atoms with E-state index in [1.807, 2.05) is 31.2 Å². The van der Waals surface area contributed by atoms with E-state index in [1.54, 1.807) is 12.3 Å². The Labute approximate surface area is 98.7 Å². The van der Waals surface area contributed by atoms with Crippen LogP contribution in [0.2, 0.25) is 10.0 Å². The molecular formula is C12H9Cl2N. The Hall–Kier alpha value is -1.05. The molecule has 2 rings (SSSR count). The molecule has 0 radical (unpaired) electrons. The summed E-state index contributed by atoms with van der Waals surface area (Å²) in [5.74, 6) is 0. The smallest absolute Gasteiger partial charge is 0.0717 e. The van der Waals surface area contributed by atoms with Crippen LogP contribution in [0, 0.1) is 6.92 Å². The SMILES string of the molecule is Cc1ccc(-c2cc(Cl)ccn2)cc1Cl. The molecule has 0 bridgehead atoms. The van der Waals surface area contributed by atoms with Crippen molar-refractivity contribution in [1.82, 2.24) is 4.98 Å². The summed E-state index contributed by atoms with van der Waals surface area (Å²) in [6.45, 7) is 1.97. The predicted octanol–water partition coefficient (Wildman–Crippen LogP) is 4.36. The molecule has 0 aliphatic carbocycles. The number of nitrogens with zero attached hydrogens (tertiary/aromatic N) is 1. The highest BCUT2D eigenvalue weighted by Crippen LogP contribution is 2.25. The molecule has 0 aliphatic heterocycles. The van der Waals surface area contributed by atoms with Crippen molar-refractivity contribution in [2.45, 2.75) is 6.92 Å². The van der Waals surface area contributed by atoms with Crippen LogP contribution in [0.25, 0.3) is 11.3 Å². The average Bonchev–Trinajstić information content (AvgIpc) is 2.22. The molecule has 1 aromatic heterocycles. The second-order valence-corrected chi connectivity index (χ2v) is 4.17. The van der Waals surface area contributed by atoms with Gasteiger partial charge in [-0.1, -0.05) is 35.3 Å². The zero-order chi connectivity index (χ0) is 10.8. The van der Waals surface area contributed by atoms with Gasteiger partial charge in [-0.25, -0.2) is 0 Å². The molecule has 0 amide bonds. The molecule has 15 heavy (non-hydrogen) atoms. The molecule has 3 heteroatoms. The summed E-state index contributed by atoms with van der Waals surface area (Å²) in [5, 5.41) is 1.42. The number of rotatable bonds is 1. The van der Waals surface area contributed by atoms with Gasteiger partial charge in [-0.3, -0.25) is 4.98 Å². The summed E-state index contributed by atoms with van der Waals surface area (Å²) < 4.78 is 0. The number of aryl methyl sites for hydroxylation is 1. The summed E-state index contributed by atoms with van der Waals surface area (Å²) >= 11 is 11.9. The zero-order valence-corrected chi connectivity index (χ0v) is 9.68. The van der Waals surface area contributed by atoms with Gasteiger partial charge in [-0.05, 0) is 30.7 Å². The molecule has 0 fully saturated rings. The van der Waals surface area contributed by atoms with E-state index >= 15 is 0 Å². The summed E-state index contributed by atoms with van der Waals surface area (Å²) in [6.07, 6.45) is 1.69. The first-order valence-electron chi connectivity index (χ1n) is 4.55. The maximum atomic E-state index is 6.04. The van der Waals surface area contributed by atoms with Gasteiger partial charge in [0, 0.05) is 21.8 Å². The molecule has 0 saturated heterocycles. The van der Waals surface area contributed by atoms with Gasteiger partial charge in [0.2, 0.25) is 0 Å². The van der Waals surface area contributed by atoms with Crippen LogP contribution >= 0.6 is 23.2 Å². The van der Waals surface area contributed by atoms with Crippen LogP contribution in [0.4, 0.5) is 0 Å². The Bertz CT molecular complexity index is 495. The monoisotopic (exact) mass is 237 g/mol. The molecule has 76 valence electrons. The number of pyridine rings is 1. The van der Waals surface area contributed by atoms with Crippen molar-refractivity contribution in [1.29, 1.82) is 0 Å². The van der Waals surface area contributed by atoms with Crippen LogP contribution in [0.5, 0.6) is 0 Å². The van der Waals surface area contributed by atoms with E-state index in [1.165, 1.54) is 0 Å². The summed E-state index contributed by atoms with van der Waals surface area (Å²) in [7, 11) is 0. The Morgan fingerprint density at radius 2 is 1.87 bits per heavy atom. The van der Waals surface area contributed by atoms with Gasteiger partial charge in [0.1, 0.15) is 0 Å². The molecule has 0 unspecified atom stereocenters. The highest BCUT2D eigenvalue weighted by molar-refractivity contribution is 6.31. The van der Waals surface area contributed by atoms with Gasteiger partial charge in [0.05, 0.1) is 5.69 Å². The lowest BCUT2D eigenvalue weighted by Crippen LogP contribution is -1.84. The maximum absolute atomic E-state index is 6.04. The third-order valence-electron chi connectivity index (χ3n) is 2.19. The van der Waals surface area contributed by atoms with E-state index in [0.29, 0.717) is 5.02 Å². The van der Waals surface area contributed by atoms with Crippen LogP contribution in [0.15, 0.2) is 36.5 Å². The third kappa shape index (κ3) is 2.31. The van der Waals surface area contributed by atoms with Crippen LogP contribution in [0.3, 0.4) is 0 Å². The number of hydrogen-bond acceptors (Lipinski definition) is 1. The van der Waals surface area contributed by atoms with Crippen LogP contribution in [-0.4, -0.2) is 4.98 Å². The molecule has 1 nitrogen and oxygen atoms in total. The fourth-order valence-electron chi connectivity index (χ4n) is 1.31. The van der Waals surface area contributed by atoms with Crippen molar-refractivity contribution in [3.05, 3.63) is 52.1 Å². The first kappa shape index (κ1) is 10.5. The predicted molar refractivity (Wildman–Crippen MR) is 64.4 cm³/mol. The number of hydrogen-bond donors (Lipinski definition) is 0. The number of benzene rings is 1. The zero-order valence-electron chi connectivity index (χ0n) is 8.17. The molecule has 0 spiro atoms. The van der Waals surface area contributed by atoms with E-state index in [2.05, 4.69) is 4.98 Å². The second kappa shape index (κ2) is 4.21. The van der Waals surface area contributed by atoms with Crippen molar-refractivity contribution in [3.8, 4) is 11.3 Å². The van der Waals surface area contributed by atoms with E-state index in [9.17, 15) is 0 Å². The Morgan fingerprint density at radius 3 is 2.53 bits per heavy atom. The Balaban J connectivity index is 2.50. The summed E-state index contributed by atoms with van der Waals surface area (Å²) in [4.78, 5) is 4.24. The molecule has 0 atom stereocenters. The van der Waals surface area contributed by atoms with Crippen molar-refractivity contribution in [2.75, 3.05) is 0 Å². The van der Waals surface area contributed by atoms with Crippen molar-refractivity contribution in [2.24, 2.45) is 0 Å². The van der Waals surface area contributed by atoms with Crippen molar-refractivity contribution < 1.29 is 0 Å². The lowest BCUT2D eigenvalue weighted by molar-refractivity contribution is 1.32. The lowest BCUT2D eigenvalue weighted by Gasteiger charge is -2.03. The van der Waals surface area contributed by atoms with Crippen molar-refractivity contribution in [3.63, 3.8) is 0 Å². The highest BCUT2D eigenvalue weighted by atomic mass is 35.5. The number of halogens is 2. The lowest BCUT2D eigenvalue weighted by atomic mass is 10.1. The molecule has 1 aromatic carbocycles. The van der Waals surface area contributed by atoms with E-state index < -0.39 is 0 Å². The van der Waals surface area contributed by atoms with Gasteiger partial charge >= 0.3 is 0 Å². The van der Waals surface area contributed by atoms with Gasteiger partial charge in [-0.2, -0.15) is 0 Å². The Kier molecular flexibility index (Phi) is 2.94. The van der Waals surface area contributed by atoms with E-state index in [0.717, 1.165) is 21.8 Å². The van der Waals surface area contributed by atoms with E-state index in [4.69, 9.17) is 23.2 Å². The first-order chi connectivity index (χ1) is 7.16. The minimum Gasteiger partial charge on any atom is -0.256 e. The molecule has 0 aliphatic rings. The average molecular weight is 238 g/mol. The minimum absolute atomic E-state index is 0.677. The fraction of sp³-hybridized carbons (Fsp3) is 0.0833. The van der Waals surface area contributed by atoms with Gasteiger partial charge in [-0.15, -0.1) is 0 Å². The standard InChI is InChI=1S/C12H9Cl2N/c1-8-2-3-9(6-11(8)14)12-7-10(13)4-5-15-12/h2-7H,1H3. The minimum atomic E-state index is 0.677. The quantitative estimate of drug-likeness (QED) is 0.719. The van der Waals surface area contributed by atoms with Crippen LogP contribution in [-0.2, 0) is 0 Å². The summed E-state index contributed by atoms with van der Waals surface area (Å²) in [6, 6.07) is 9.43.